The first-order chi connectivity index (χ1) is 8.99. The SMILES string of the molecule is CCN(CC)C(=O)COc1ccc(Cl)cc1C(C)N. The van der Waals surface area contributed by atoms with E-state index in [1.807, 2.05) is 20.8 Å². The van der Waals surface area contributed by atoms with Gasteiger partial charge in [-0.3, -0.25) is 4.79 Å². The molecule has 19 heavy (non-hydrogen) atoms. The highest BCUT2D eigenvalue weighted by molar-refractivity contribution is 6.30. The van der Waals surface area contributed by atoms with Crippen molar-refractivity contribution in [2.45, 2.75) is 26.8 Å². The van der Waals surface area contributed by atoms with Crippen molar-refractivity contribution >= 4 is 17.5 Å². The minimum absolute atomic E-state index is 0.0169. The molecule has 1 rings (SSSR count). The third kappa shape index (κ3) is 4.40. The Kier molecular flexibility index (Phi) is 6.12. The second kappa shape index (κ2) is 7.36. The standard InChI is InChI=1S/C14H21ClN2O2/c1-4-17(5-2)14(18)9-19-13-7-6-11(15)8-12(13)10(3)16/h6-8,10H,4-5,9,16H2,1-3H3. The second-order valence-electron chi connectivity index (χ2n) is 4.33. The molecule has 0 saturated carbocycles. The minimum Gasteiger partial charge on any atom is -0.483 e. The van der Waals surface area contributed by atoms with Crippen LogP contribution in [-0.2, 0) is 4.79 Å². The lowest BCUT2D eigenvalue weighted by atomic mass is 10.1. The van der Waals surface area contributed by atoms with E-state index < -0.39 is 0 Å². The lowest BCUT2D eigenvalue weighted by Gasteiger charge is -2.20. The number of rotatable bonds is 6. The first-order valence-corrected chi connectivity index (χ1v) is 6.83. The summed E-state index contributed by atoms with van der Waals surface area (Å²) in [4.78, 5) is 13.6. The number of likely N-dealkylation sites (N-methyl/N-ethyl adjacent to an activating group) is 1. The summed E-state index contributed by atoms with van der Waals surface area (Å²) in [6.45, 7) is 7.11. The summed E-state index contributed by atoms with van der Waals surface area (Å²) >= 11 is 5.93. The zero-order valence-electron chi connectivity index (χ0n) is 11.6. The fourth-order valence-corrected chi connectivity index (χ4v) is 1.99. The van der Waals surface area contributed by atoms with Gasteiger partial charge in [0.25, 0.3) is 5.91 Å². The smallest absolute Gasteiger partial charge is 0.260 e. The van der Waals surface area contributed by atoms with Crippen molar-refractivity contribution in [3.63, 3.8) is 0 Å². The highest BCUT2D eigenvalue weighted by atomic mass is 35.5. The molecular weight excluding hydrogens is 264 g/mol. The fourth-order valence-electron chi connectivity index (χ4n) is 1.81. The Balaban J connectivity index is 2.75. The Labute approximate surface area is 119 Å². The number of hydrogen-bond donors (Lipinski definition) is 1. The number of hydrogen-bond acceptors (Lipinski definition) is 3. The van der Waals surface area contributed by atoms with Gasteiger partial charge in [-0.1, -0.05) is 11.6 Å². The van der Waals surface area contributed by atoms with Gasteiger partial charge in [0, 0.05) is 29.7 Å². The van der Waals surface area contributed by atoms with Gasteiger partial charge in [0.1, 0.15) is 5.75 Å². The quantitative estimate of drug-likeness (QED) is 0.874. The fraction of sp³-hybridized carbons (Fsp3) is 0.500. The van der Waals surface area contributed by atoms with Crippen molar-refractivity contribution in [1.82, 2.24) is 4.90 Å². The van der Waals surface area contributed by atoms with Crippen molar-refractivity contribution in [2.24, 2.45) is 5.73 Å². The zero-order valence-corrected chi connectivity index (χ0v) is 12.4. The van der Waals surface area contributed by atoms with Crippen LogP contribution in [0, 0.1) is 0 Å². The minimum atomic E-state index is -0.197. The number of carbonyl (C=O) groups excluding carboxylic acids is 1. The molecule has 0 bridgehead atoms. The molecule has 0 aliphatic carbocycles. The van der Waals surface area contributed by atoms with E-state index in [1.54, 1.807) is 23.1 Å². The third-order valence-electron chi connectivity index (χ3n) is 2.93. The van der Waals surface area contributed by atoms with Gasteiger partial charge in [0.2, 0.25) is 0 Å². The summed E-state index contributed by atoms with van der Waals surface area (Å²) in [5.74, 6) is 0.579. The summed E-state index contributed by atoms with van der Waals surface area (Å²) in [6, 6.07) is 5.04. The molecule has 0 heterocycles. The number of nitrogens with two attached hydrogens (primary N) is 1. The van der Waals surface area contributed by atoms with Crippen LogP contribution in [-0.4, -0.2) is 30.5 Å². The van der Waals surface area contributed by atoms with E-state index in [0.717, 1.165) is 5.56 Å². The van der Waals surface area contributed by atoms with E-state index in [-0.39, 0.29) is 18.6 Å². The highest BCUT2D eigenvalue weighted by Crippen LogP contribution is 2.27. The van der Waals surface area contributed by atoms with E-state index in [4.69, 9.17) is 22.1 Å². The molecule has 0 saturated heterocycles. The maximum atomic E-state index is 11.9. The van der Waals surface area contributed by atoms with Crippen molar-refractivity contribution in [1.29, 1.82) is 0 Å². The highest BCUT2D eigenvalue weighted by Gasteiger charge is 2.13. The number of halogens is 1. The molecule has 4 nitrogen and oxygen atoms in total. The molecule has 0 aliphatic heterocycles. The number of ether oxygens (including phenoxy) is 1. The van der Waals surface area contributed by atoms with Gasteiger partial charge in [-0.25, -0.2) is 0 Å². The van der Waals surface area contributed by atoms with Gasteiger partial charge in [-0.05, 0) is 39.0 Å². The predicted molar refractivity (Wildman–Crippen MR) is 77.5 cm³/mol. The van der Waals surface area contributed by atoms with Crippen LogP contribution >= 0.6 is 11.6 Å². The molecule has 0 spiro atoms. The van der Waals surface area contributed by atoms with E-state index in [9.17, 15) is 4.79 Å². The Hall–Kier alpha value is -1.26. The molecule has 1 atom stereocenters. The van der Waals surface area contributed by atoms with Gasteiger partial charge in [0.05, 0.1) is 0 Å². The monoisotopic (exact) mass is 284 g/mol. The Morgan fingerprint density at radius 2 is 2.05 bits per heavy atom. The molecule has 0 fully saturated rings. The van der Waals surface area contributed by atoms with Gasteiger partial charge in [-0.15, -0.1) is 0 Å². The normalized spacial score (nSPS) is 12.1. The van der Waals surface area contributed by atoms with Gasteiger partial charge >= 0.3 is 0 Å². The molecule has 5 heteroatoms. The molecule has 1 aromatic rings. The Morgan fingerprint density at radius 1 is 1.42 bits per heavy atom. The molecule has 2 N–H and O–H groups in total. The van der Waals surface area contributed by atoms with Crippen molar-refractivity contribution in [2.75, 3.05) is 19.7 Å². The van der Waals surface area contributed by atoms with Crippen LogP contribution in [0.25, 0.3) is 0 Å². The van der Waals surface area contributed by atoms with E-state index in [2.05, 4.69) is 0 Å². The van der Waals surface area contributed by atoms with Gasteiger partial charge in [0.15, 0.2) is 6.61 Å². The first-order valence-electron chi connectivity index (χ1n) is 6.45. The van der Waals surface area contributed by atoms with Crippen LogP contribution in [0.4, 0.5) is 0 Å². The molecule has 1 aromatic carbocycles. The second-order valence-corrected chi connectivity index (χ2v) is 4.76. The van der Waals surface area contributed by atoms with Crippen molar-refractivity contribution in [3.05, 3.63) is 28.8 Å². The van der Waals surface area contributed by atoms with Crippen LogP contribution in [0.15, 0.2) is 18.2 Å². The average molecular weight is 285 g/mol. The molecule has 1 amide bonds. The van der Waals surface area contributed by atoms with Gasteiger partial charge in [-0.2, -0.15) is 0 Å². The molecular formula is C14H21ClN2O2. The summed E-state index contributed by atoms with van der Waals surface area (Å²) in [7, 11) is 0. The van der Waals surface area contributed by atoms with E-state index in [1.165, 1.54) is 0 Å². The van der Waals surface area contributed by atoms with Crippen molar-refractivity contribution in [3.8, 4) is 5.75 Å². The maximum Gasteiger partial charge on any atom is 0.260 e. The Bertz CT molecular complexity index is 431. The van der Waals surface area contributed by atoms with Crippen molar-refractivity contribution < 1.29 is 9.53 Å². The summed E-state index contributed by atoms with van der Waals surface area (Å²) < 4.78 is 5.57. The van der Waals surface area contributed by atoms with Crippen LogP contribution in [0.5, 0.6) is 5.75 Å². The first kappa shape index (κ1) is 15.8. The molecule has 0 radical (unpaired) electrons. The molecule has 1 unspecified atom stereocenters. The number of nitrogens with zero attached hydrogens (tertiary/aromatic N) is 1. The largest absolute Gasteiger partial charge is 0.483 e. The van der Waals surface area contributed by atoms with Crippen LogP contribution in [0.2, 0.25) is 5.02 Å². The maximum absolute atomic E-state index is 11.9. The number of carbonyl (C=O) groups is 1. The predicted octanol–water partition coefficient (Wildman–Crippen LogP) is 2.61. The van der Waals surface area contributed by atoms with Crippen LogP contribution in [0.3, 0.4) is 0 Å². The third-order valence-corrected chi connectivity index (χ3v) is 3.16. The van der Waals surface area contributed by atoms with Crippen LogP contribution < -0.4 is 10.5 Å². The van der Waals surface area contributed by atoms with Crippen LogP contribution in [0.1, 0.15) is 32.4 Å². The van der Waals surface area contributed by atoms with E-state index >= 15 is 0 Å². The number of amides is 1. The average Bonchev–Trinajstić information content (AvgIpc) is 2.38. The number of benzene rings is 1. The summed E-state index contributed by atoms with van der Waals surface area (Å²) in [5.41, 5.74) is 6.67. The topological polar surface area (TPSA) is 55.6 Å². The molecule has 106 valence electrons. The zero-order chi connectivity index (χ0) is 14.4. The lowest BCUT2D eigenvalue weighted by Crippen LogP contribution is -2.34. The van der Waals surface area contributed by atoms with E-state index in [0.29, 0.717) is 23.9 Å². The molecule has 0 aliphatic rings. The summed E-state index contributed by atoms with van der Waals surface area (Å²) in [6.07, 6.45) is 0. The lowest BCUT2D eigenvalue weighted by molar-refractivity contribution is -0.132. The van der Waals surface area contributed by atoms with Gasteiger partial charge < -0.3 is 15.4 Å². The summed E-state index contributed by atoms with van der Waals surface area (Å²) in [5, 5.41) is 0.606. The Morgan fingerprint density at radius 3 is 2.58 bits per heavy atom. The molecule has 0 aromatic heterocycles.